The predicted molar refractivity (Wildman–Crippen MR) is 53.6 cm³/mol. The number of rotatable bonds is 3. The number of hydrogen-bond donors (Lipinski definition) is 0. The van der Waals surface area contributed by atoms with E-state index in [-0.39, 0.29) is 0 Å². The highest BCUT2D eigenvalue weighted by Crippen LogP contribution is 2.34. The second-order valence-electron chi connectivity index (χ2n) is 2.86. The van der Waals surface area contributed by atoms with E-state index in [1.54, 1.807) is 0 Å². The number of hydrogen-bond acceptors (Lipinski definition) is 6. The fourth-order valence-electron chi connectivity index (χ4n) is 1.13. The quantitative estimate of drug-likeness (QED) is 0.477. The summed E-state index contributed by atoms with van der Waals surface area (Å²) in [7, 11) is 0.0636. The second-order valence-corrected chi connectivity index (χ2v) is 5.36. The summed E-state index contributed by atoms with van der Waals surface area (Å²) >= 11 is 0. The van der Waals surface area contributed by atoms with Crippen molar-refractivity contribution in [1.29, 1.82) is 5.26 Å². The Morgan fingerprint density at radius 2 is 2.11 bits per heavy atom. The fourth-order valence-corrected chi connectivity index (χ4v) is 2.37. The van der Waals surface area contributed by atoms with Crippen molar-refractivity contribution in [3.8, 4) is 6.07 Å². The lowest BCUT2D eigenvalue weighted by molar-refractivity contribution is -0.392. The molecule has 0 fully saturated rings. The van der Waals surface area contributed by atoms with E-state index >= 15 is 0 Å². The van der Waals surface area contributed by atoms with Crippen LogP contribution in [0.5, 0.6) is 0 Å². The van der Waals surface area contributed by atoms with Crippen LogP contribution in [0.2, 0.25) is 0 Å². The standard InChI is InChI=1S/C7H2ClF2N3O4S/c8-18(16,17)5-4(6(9)10)1-3(2-11)12-7(5)13(14)15/h1,6H. The van der Waals surface area contributed by atoms with Crippen molar-refractivity contribution < 1.29 is 22.1 Å². The van der Waals surface area contributed by atoms with Gasteiger partial charge in [0.1, 0.15) is 6.07 Å². The van der Waals surface area contributed by atoms with Crippen LogP contribution in [0, 0.1) is 21.4 Å². The second kappa shape index (κ2) is 4.79. The third-order valence-corrected chi connectivity index (χ3v) is 3.12. The molecule has 0 aliphatic carbocycles. The zero-order chi connectivity index (χ0) is 14.1. The lowest BCUT2D eigenvalue weighted by Gasteiger charge is -2.05. The maximum Gasteiger partial charge on any atom is 0.385 e. The summed E-state index contributed by atoms with van der Waals surface area (Å²) in [5, 5.41) is 19.1. The largest absolute Gasteiger partial charge is 0.385 e. The molecule has 0 aromatic carbocycles. The summed E-state index contributed by atoms with van der Waals surface area (Å²) in [4.78, 5) is 10.9. The molecule has 1 heterocycles. The molecule has 0 atom stereocenters. The van der Waals surface area contributed by atoms with E-state index in [2.05, 4.69) is 4.98 Å². The molecule has 96 valence electrons. The Labute approximate surface area is 103 Å². The van der Waals surface area contributed by atoms with E-state index in [0.29, 0.717) is 6.07 Å². The summed E-state index contributed by atoms with van der Waals surface area (Å²) in [5.41, 5.74) is -1.94. The van der Waals surface area contributed by atoms with Crippen molar-refractivity contribution in [2.24, 2.45) is 0 Å². The SMILES string of the molecule is N#Cc1cc(C(F)F)c(S(=O)(=O)Cl)c([N+](=O)[O-])n1. The van der Waals surface area contributed by atoms with E-state index in [0.717, 1.165) is 0 Å². The molecule has 0 N–H and O–H groups in total. The van der Waals surface area contributed by atoms with Gasteiger partial charge in [0.2, 0.25) is 0 Å². The molecule has 0 aliphatic rings. The van der Waals surface area contributed by atoms with Crippen molar-refractivity contribution >= 4 is 25.6 Å². The monoisotopic (exact) mass is 297 g/mol. The van der Waals surface area contributed by atoms with Crippen LogP contribution in [0.15, 0.2) is 11.0 Å². The molecule has 0 saturated carbocycles. The third-order valence-electron chi connectivity index (χ3n) is 1.75. The van der Waals surface area contributed by atoms with E-state index < -0.39 is 42.4 Å². The first-order chi connectivity index (χ1) is 8.18. The first kappa shape index (κ1) is 14.2. The van der Waals surface area contributed by atoms with Crippen molar-refractivity contribution in [3.63, 3.8) is 0 Å². The number of halogens is 3. The highest BCUT2D eigenvalue weighted by molar-refractivity contribution is 8.13. The van der Waals surface area contributed by atoms with Crippen LogP contribution in [0.4, 0.5) is 14.6 Å². The Morgan fingerprint density at radius 3 is 2.44 bits per heavy atom. The van der Waals surface area contributed by atoms with Crippen molar-refractivity contribution in [1.82, 2.24) is 4.98 Å². The minimum Gasteiger partial charge on any atom is -0.358 e. The van der Waals surface area contributed by atoms with Gasteiger partial charge in [-0.05, 0) is 9.91 Å². The van der Waals surface area contributed by atoms with Gasteiger partial charge in [0.15, 0.2) is 4.90 Å². The average Bonchev–Trinajstić information content (AvgIpc) is 2.25. The van der Waals surface area contributed by atoms with Crippen molar-refractivity contribution in [2.45, 2.75) is 11.3 Å². The van der Waals surface area contributed by atoms with Gasteiger partial charge in [-0.3, -0.25) is 0 Å². The lowest BCUT2D eigenvalue weighted by Crippen LogP contribution is -2.07. The van der Waals surface area contributed by atoms with Gasteiger partial charge in [-0.15, -0.1) is 0 Å². The van der Waals surface area contributed by atoms with Crippen LogP contribution in [0.1, 0.15) is 17.7 Å². The van der Waals surface area contributed by atoms with Gasteiger partial charge in [0, 0.05) is 16.7 Å². The molecule has 0 bridgehead atoms. The molecule has 1 aromatic heterocycles. The molecule has 7 nitrogen and oxygen atoms in total. The zero-order valence-electron chi connectivity index (χ0n) is 8.17. The predicted octanol–water partition coefficient (Wildman–Crippen LogP) is 1.73. The Kier molecular flexibility index (Phi) is 3.78. The van der Waals surface area contributed by atoms with Crippen LogP contribution < -0.4 is 0 Å². The van der Waals surface area contributed by atoms with Gasteiger partial charge in [0.05, 0.1) is 5.56 Å². The van der Waals surface area contributed by atoms with Crippen LogP contribution in [0.3, 0.4) is 0 Å². The zero-order valence-corrected chi connectivity index (χ0v) is 9.74. The summed E-state index contributed by atoms with van der Waals surface area (Å²) in [5.74, 6) is -1.40. The number of nitro groups is 1. The molecular formula is C7H2ClF2N3O4S. The molecule has 0 radical (unpaired) electrons. The molecule has 1 aromatic rings. The molecule has 0 saturated heterocycles. The summed E-state index contributed by atoms with van der Waals surface area (Å²) in [6.07, 6.45) is -3.36. The van der Waals surface area contributed by atoms with Crippen LogP contribution in [0.25, 0.3) is 0 Å². The van der Waals surface area contributed by atoms with E-state index in [1.807, 2.05) is 0 Å². The maximum absolute atomic E-state index is 12.6. The van der Waals surface area contributed by atoms with Gasteiger partial charge in [0.25, 0.3) is 21.2 Å². The fraction of sp³-hybridized carbons (Fsp3) is 0.143. The number of aromatic nitrogens is 1. The first-order valence-corrected chi connectivity index (χ1v) is 6.31. The third kappa shape index (κ3) is 2.69. The van der Waals surface area contributed by atoms with Gasteiger partial charge >= 0.3 is 5.82 Å². The highest BCUT2D eigenvalue weighted by atomic mass is 35.7. The Morgan fingerprint density at radius 1 is 1.56 bits per heavy atom. The molecule has 0 amide bonds. The normalized spacial score (nSPS) is 11.3. The Balaban J connectivity index is 3.86. The average molecular weight is 298 g/mol. The van der Waals surface area contributed by atoms with Crippen molar-refractivity contribution in [3.05, 3.63) is 27.4 Å². The van der Waals surface area contributed by atoms with E-state index in [9.17, 15) is 27.3 Å². The van der Waals surface area contributed by atoms with Gasteiger partial charge < -0.3 is 10.1 Å². The Hall–Kier alpha value is -1.86. The molecule has 1 rings (SSSR count). The van der Waals surface area contributed by atoms with E-state index in [1.165, 1.54) is 6.07 Å². The number of alkyl halides is 2. The van der Waals surface area contributed by atoms with Crippen LogP contribution >= 0.6 is 10.7 Å². The minimum absolute atomic E-state index is 0.437. The molecule has 11 heteroatoms. The molecule has 0 spiro atoms. The van der Waals surface area contributed by atoms with Crippen LogP contribution in [-0.2, 0) is 9.05 Å². The minimum atomic E-state index is -4.80. The number of nitrogens with zero attached hydrogens (tertiary/aromatic N) is 3. The topological polar surface area (TPSA) is 114 Å². The molecule has 0 aliphatic heterocycles. The van der Waals surface area contributed by atoms with Crippen LogP contribution in [-0.4, -0.2) is 18.3 Å². The van der Waals surface area contributed by atoms with Gasteiger partial charge in [-0.2, -0.15) is 5.26 Å². The summed E-state index contributed by atoms with van der Waals surface area (Å²) < 4.78 is 47.4. The lowest BCUT2D eigenvalue weighted by atomic mass is 10.2. The van der Waals surface area contributed by atoms with Crippen molar-refractivity contribution in [2.75, 3.05) is 0 Å². The van der Waals surface area contributed by atoms with Gasteiger partial charge in [-0.1, -0.05) is 0 Å². The molecule has 0 unspecified atom stereocenters. The number of pyridine rings is 1. The van der Waals surface area contributed by atoms with E-state index in [4.69, 9.17) is 15.9 Å². The number of nitriles is 1. The maximum atomic E-state index is 12.6. The first-order valence-electron chi connectivity index (χ1n) is 4.00. The molecular weight excluding hydrogens is 296 g/mol. The van der Waals surface area contributed by atoms with Gasteiger partial charge in [-0.25, -0.2) is 17.2 Å². The Bertz CT molecular complexity index is 655. The molecule has 18 heavy (non-hydrogen) atoms. The summed E-state index contributed by atoms with van der Waals surface area (Å²) in [6, 6.07) is 1.75. The highest BCUT2D eigenvalue weighted by Gasteiger charge is 2.34. The summed E-state index contributed by atoms with van der Waals surface area (Å²) in [6.45, 7) is 0. The smallest absolute Gasteiger partial charge is 0.358 e.